The second kappa shape index (κ2) is 10.6. The van der Waals surface area contributed by atoms with E-state index in [4.69, 9.17) is 16.3 Å². The highest BCUT2D eigenvalue weighted by Crippen LogP contribution is 2.23. The molecule has 1 rings (SSSR count). The standard InChI is InChI=1S/C19H31ClN2O2/c1-5-6-7-8-11-21-13-15-12-16(20)9-10-17(15)24-14-18(23)22-19(2,3)4/h9-10,12,21H,5-8,11,13-14H2,1-4H3,(H,22,23). The molecule has 136 valence electrons. The molecule has 5 heteroatoms. The first-order valence-electron chi connectivity index (χ1n) is 8.75. The molecule has 1 aromatic rings. The Morgan fingerprint density at radius 3 is 2.62 bits per heavy atom. The molecule has 0 aromatic heterocycles. The highest BCUT2D eigenvalue weighted by molar-refractivity contribution is 6.30. The van der Waals surface area contributed by atoms with E-state index in [0.717, 1.165) is 12.1 Å². The van der Waals surface area contributed by atoms with Gasteiger partial charge >= 0.3 is 0 Å². The lowest BCUT2D eigenvalue weighted by atomic mass is 10.1. The first-order chi connectivity index (χ1) is 11.3. The van der Waals surface area contributed by atoms with Crippen molar-refractivity contribution in [1.82, 2.24) is 10.6 Å². The molecule has 2 N–H and O–H groups in total. The first kappa shape index (κ1) is 20.8. The molecule has 0 heterocycles. The average molecular weight is 355 g/mol. The number of rotatable bonds is 10. The van der Waals surface area contributed by atoms with Gasteiger partial charge in [-0.25, -0.2) is 0 Å². The van der Waals surface area contributed by atoms with E-state index >= 15 is 0 Å². The van der Waals surface area contributed by atoms with Crippen LogP contribution in [0, 0.1) is 0 Å². The Balaban J connectivity index is 2.50. The number of halogens is 1. The van der Waals surface area contributed by atoms with E-state index in [1.54, 1.807) is 6.07 Å². The van der Waals surface area contributed by atoms with Gasteiger partial charge < -0.3 is 15.4 Å². The maximum atomic E-state index is 11.9. The molecular formula is C19H31ClN2O2. The van der Waals surface area contributed by atoms with E-state index in [9.17, 15) is 4.79 Å². The van der Waals surface area contributed by atoms with E-state index in [2.05, 4.69) is 17.6 Å². The highest BCUT2D eigenvalue weighted by atomic mass is 35.5. The largest absolute Gasteiger partial charge is 0.483 e. The molecule has 1 amide bonds. The van der Waals surface area contributed by atoms with Gasteiger partial charge in [0.25, 0.3) is 5.91 Å². The third kappa shape index (κ3) is 9.14. The molecule has 0 radical (unpaired) electrons. The third-order valence-electron chi connectivity index (χ3n) is 3.42. The zero-order valence-electron chi connectivity index (χ0n) is 15.4. The summed E-state index contributed by atoms with van der Waals surface area (Å²) in [5.74, 6) is 0.570. The lowest BCUT2D eigenvalue weighted by Gasteiger charge is -2.21. The van der Waals surface area contributed by atoms with Crippen LogP contribution in [0.1, 0.15) is 58.9 Å². The molecule has 0 bridgehead atoms. The Morgan fingerprint density at radius 2 is 1.96 bits per heavy atom. The molecule has 0 aliphatic carbocycles. The van der Waals surface area contributed by atoms with Crippen molar-refractivity contribution in [1.29, 1.82) is 0 Å². The van der Waals surface area contributed by atoms with E-state index in [1.165, 1.54) is 25.7 Å². The lowest BCUT2D eigenvalue weighted by Crippen LogP contribution is -2.43. The Kier molecular flexibility index (Phi) is 9.16. The van der Waals surface area contributed by atoms with Crippen molar-refractivity contribution < 1.29 is 9.53 Å². The maximum Gasteiger partial charge on any atom is 0.258 e. The van der Waals surface area contributed by atoms with Crippen LogP contribution in [0.5, 0.6) is 5.75 Å². The van der Waals surface area contributed by atoms with Gasteiger partial charge in [-0.05, 0) is 51.9 Å². The Hall–Kier alpha value is -1.26. The molecule has 0 aliphatic heterocycles. The topological polar surface area (TPSA) is 50.4 Å². The quantitative estimate of drug-likeness (QED) is 0.616. The minimum Gasteiger partial charge on any atom is -0.483 e. The summed E-state index contributed by atoms with van der Waals surface area (Å²) in [5.41, 5.74) is 0.713. The molecule has 0 aliphatic rings. The minimum absolute atomic E-state index is 0.00238. The number of carbonyl (C=O) groups excluding carboxylic acids is 1. The molecule has 1 aromatic carbocycles. The summed E-state index contributed by atoms with van der Waals surface area (Å²) in [5, 5.41) is 6.97. The molecule has 4 nitrogen and oxygen atoms in total. The zero-order valence-corrected chi connectivity index (χ0v) is 16.1. The van der Waals surface area contributed by atoms with Gasteiger partial charge in [0.15, 0.2) is 6.61 Å². The van der Waals surface area contributed by atoms with Crippen molar-refractivity contribution >= 4 is 17.5 Å². The van der Waals surface area contributed by atoms with Crippen molar-refractivity contribution in [2.24, 2.45) is 0 Å². The maximum absolute atomic E-state index is 11.9. The van der Waals surface area contributed by atoms with Crippen molar-refractivity contribution in [2.45, 2.75) is 65.5 Å². The van der Waals surface area contributed by atoms with Gasteiger partial charge in [0.05, 0.1) is 0 Å². The predicted octanol–water partition coefficient (Wildman–Crippen LogP) is 4.30. The van der Waals surface area contributed by atoms with Crippen LogP contribution in [-0.2, 0) is 11.3 Å². The van der Waals surface area contributed by atoms with Crippen LogP contribution in [0.3, 0.4) is 0 Å². The lowest BCUT2D eigenvalue weighted by molar-refractivity contribution is -0.124. The van der Waals surface area contributed by atoms with Gasteiger partial charge in [0, 0.05) is 22.7 Å². The van der Waals surface area contributed by atoms with Gasteiger partial charge in [0.2, 0.25) is 0 Å². The number of benzene rings is 1. The number of carbonyl (C=O) groups is 1. The molecule has 0 fully saturated rings. The van der Waals surface area contributed by atoms with Crippen LogP contribution < -0.4 is 15.4 Å². The number of unbranched alkanes of at least 4 members (excludes halogenated alkanes) is 3. The fraction of sp³-hybridized carbons (Fsp3) is 0.632. The summed E-state index contributed by atoms with van der Waals surface area (Å²) in [4.78, 5) is 11.9. The SMILES string of the molecule is CCCCCCNCc1cc(Cl)ccc1OCC(=O)NC(C)(C)C. The van der Waals surface area contributed by atoms with Crippen LogP contribution in [0.15, 0.2) is 18.2 Å². The van der Waals surface area contributed by atoms with Crippen molar-refractivity contribution in [2.75, 3.05) is 13.2 Å². The van der Waals surface area contributed by atoms with Gasteiger partial charge in [0.1, 0.15) is 5.75 Å². The second-order valence-electron chi connectivity index (χ2n) is 7.08. The summed E-state index contributed by atoms with van der Waals surface area (Å²) in [7, 11) is 0. The van der Waals surface area contributed by atoms with E-state index < -0.39 is 0 Å². The number of nitrogens with one attached hydrogen (secondary N) is 2. The zero-order chi connectivity index (χ0) is 18.0. The van der Waals surface area contributed by atoms with Gasteiger partial charge in [-0.3, -0.25) is 4.79 Å². The van der Waals surface area contributed by atoms with Crippen LogP contribution in [0.2, 0.25) is 5.02 Å². The summed E-state index contributed by atoms with van der Waals surface area (Å²) in [6.45, 7) is 9.70. The number of ether oxygens (including phenoxy) is 1. The molecule has 0 saturated carbocycles. The van der Waals surface area contributed by atoms with Gasteiger partial charge in [-0.1, -0.05) is 37.8 Å². The Morgan fingerprint density at radius 1 is 1.21 bits per heavy atom. The summed E-state index contributed by atoms with van der Waals surface area (Å²) >= 11 is 6.09. The van der Waals surface area contributed by atoms with Crippen LogP contribution in [0.4, 0.5) is 0 Å². The highest BCUT2D eigenvalue weighted by Gasteiger charge is 2.14. The number of amides is 1. The normalized spacial score (nSPS) is 11.4. The monoisotopic (exact) mass is 354 g/mol. The summed E-state index contributed by atoms with van der Waals surface area (Å²) in [6.07, 6.45) is 4.92. The van der Waals surface area contributed by atoms with E-state index in [1.807, 2.05) is 32.9 Å². The molecule has 0 spiro atoms. The molecule has 0 saturated heterocycles. The Bertz CT molecular complexity index is 513. The smallest absolute Gasteiger partial charge is 0.258 e. The third-order valence-corrected chi connectivity index (χ3v) is 3.65. The minimum atomic E-state index is -0.261. The molecule has 0 unspecified atom stereocenters. The number of hydrogen-bond donors (Lipinski definition) is 2. The van der Waals surface area contributed by atoms with Gasteiger partial charge in [-0.15, -0.1) is 0 Å². The predicted molar refractivity (Wildman–Crippen MR) is 101 cm³/mol. The van der Waals surface area contributed by atoms with Crippen molar-refractivity contribution in [3.8, 4) is 5.75 Å². The van der Waals surface area contributed by atoms with Gasteiger partial charge in [-0.2, -0.15) is 0 Å². The van der Waals surface area contributed by atoms with Crippen LogP contribution in [-0.4, -0.2) is 24.6 Å². The fourth-order valence-electron chi connectivity index (χ4n) is 2.32. The summed E-state index contributed by atoms with van der Waals surface area (Å²) < 4.78 is 5.68. The number of hydrogen-bond acceptors (Lipinski definition) is 3. The van der Waals surface area contributed by atoms with Crippen molar-refractivity contribution in [3.63, 3.8) is 0 Å². The molecule has 24 heavy (non-hydrogen) atoms. The van der Waals surface area contributed by atoms with Crippen LogP contribution >= 0.6 is 11.6 Å². The second-order valence-corrected chi connectivity index (χ2v) is 7.51. The van der Waals surface area contributed by atoms with E-state index in [-0.39, 0.29) is 18.1 Å². The first-order valence-corrected chi connectivity index (χ1v) is 9.12. The molecular weight excluding hydrogens is 324 g/mol. The van der Waals surface area contributed by atoms with Crippen LogP contribution in [0.25, 0.3) is 0 Å². The summed E-state index contributed by atoms with van der Waals surface area (Å²) in [6, 6.07) is 5.49. The average Bonchev–Trinajstić information content (AvgIpc) is 2.48. The van der Waals surface area contributed by atoms with Crippen molar-refractivity contribution in [3.05, 3.63) is 28.8 Å². The molecule has 0 atom stereocenters. The Labute approximate surface area is 151 Å². The van der Waals surface area contributed by atoms with E-state index in [0.29, 0.717) is 17.3 Å². The fourth-order valence-corrected chi connectivity index (χ4v) is 2.52.